The molecule has 0 unspecified atom stereocenters. The zero-order valence-electron chi connectivity index (χ0n) is 10.5. The second-order valence-electron chi connectivity index (χ2n) is 4.28. The third kappa shape index (κ3) is 5.65. The summed E-state index contributed by atoms with van der Waals surface area (Å²) in [6.45, 7) is 5.77. The van der Waals surface area contributed by atoms with E-state index in [1.807, 2.05) is 30.3 Å². The van der Waals surface area contributed by atoms with Crippen molar-refractivity contribution in [1.29, 1.82) is 0 Å². The van der Waals surface area contributed by atoms with Crippen molar-refractivity contribution in [3.8, 4) is 0 Å². The molecule has 2 nitrogen and oxygen atoms in total. The van der Waals surface area contributed by atoms with Gasteiger partial charge in [-0.15, -0.1) is 0 Å². The van der Waals surface area contributed by atoms with Crippen LogP contribution in [0.1, 0.15) is 5.56 Å². The maximum Gasteiger partial charge on any atom is 0.00794 e. The van der Waals surface area contributed by atoms with Gasteiger partial charge < -0.3 is 40.0 Å². The van der Waals surface area contributed by atoms with Gasteiger partial charge in [0.2, 0.25) is 0 Å². The molecule has 3 rings (SSSR count). The molecule has 0 bridgehead atoms. The fraction of sp³-hybridized carbons (Fsp3) is 0.333. The molecular formula is C15H20FeN2-6. The molecule has 0 radical (unpaired) electrons. The van der Waals surface area contributed by atoms with Crippen molar-refractivity contribution in [1.82, 2.24) is 10.2 Å². The van der Waals surface area contributed by atoms with Crippen LogP contribution in [0.25, 0.3) is 0 Å². The molecule has 1 aliphatic rings. The maximum atomic E-state index is 3.35. The van der Waals surface area contributed by atoms with Gasteiger partial charge in [0.05, 0.1) is 0 Å². The molecule has 2 aromatic rings. The number of hydrogen-bond acceptors (Lipinski definition) is 2. The Morgan fingerprint density at radius 1 is 1.06 bits per heavy atom. The van der Waals surface area contributed by atoms with Crippen LogP contribution in [-0.4, -0.2) is 31.1 Å². The first-order valence-electron chi connectivity index (χ1n) is 6.25. The molecule has 3 heteroatoms. The Bertz CT molecular complexity index is 344. The van der Waals surface area contributed by atoms with Gasteiger partial charge in [0.25, 0.3) is 0 Å². The van der Waals surface area contributed by atoms with E-state index in [9.17, 15) is 0 Å². The zero-order valence-corrected chi connectivity index (χ0v) is 11.6. The Balaban J connectivity index is 0.000000230. The Labute approximate surface area is 120 Å². The summed E-state index contributed by atoms with van der Waals surface area (Å²) in [6, 6.07) is 18.6. The molecule has 1 N–H and O–H groups in total. The first kappa shape index (κ1) is 15.2. The third-order valence-corrected chi connectivity index (χ3v) is 2.90. The van der Waals surface area contributed by atoms with Gasteiger partial charge in [0.15, 0.2) is 0 Å². The minimum absolute atomic E-state index is 0. The molecule has 1 saturated heterocycles. The largest absolute Gasteiger partial charge is 0.748 e. The molecule has 1 heterocycles. The van der Waals surface area contributed by atoms with Crippen LogP contribution in [0, 0.1) is 0 Å². The summed E-state index contributed by atoms with van der Waals surface area (Å²) in [7, 11) is 0. The molecule has 104 valence electrons. The predicted octanol–water partition coefficient (Wildman–Crippen LogP) is 2.21. The molecule has 0 aliphatic carbocycles. The van der Waals surface area contributed by atoms with Gasteiger partial charge in [-0.25, -0.2) is 12.1 Å². The molecule has 0 atom stereocenters. The number of rotatable bonds is 2. The van der Waals surface area contributed by atoms with E-state index in [0.717, 1.165) is 19.6 Å². The Hall–Kier alpha value is -0.861. The first-order chi connectivity index (χ1) is 8.45. The van der Waals surface area contributed by atoms with Crippen LogP contribution in [-0.2, 0) is 23.6 Å². The molecular weight excluding hydrogens is 264 g/mol. The van der Waals surface area contributed by atoms with Crippen LogP contribution < -0.4 is 5.32 Å². The van der Waals surface area contributed by atoms with E-state index >= 15 is 0 Å². The minimum atomic E-state index is 0. The fourth-order valence-corrected chi connectivity index (χ4v) is 1.97. The average molecular weight is 284 g/mol. The van der Waals surface area contributed by atoms with Crippen LogP contribution in [0.2, 0.25) is 0 Å². The Kier molecular flexibility index (Phi) is 7.70. The van der Waals surface area contributed by atoms with Crippen LogP contribution >= 0.6 is 0 Å². The molecule has 0 spiro atoms. The van der Waals surface area contributed by atoms with Crippen LogP contribution in [0.3, 0.4) is 0 Å². The monoisotopic (exact) mass is 284 g/mol. The van der Waals surface area contributed by atoms with E-state index < -0.39 is 0 Å². The predicted molar refractivity (Wildman–Crippen MR) is 72.2 cm³/mol. The molecule has 18 heavy (non-hydrogen) atoms. The average Bonchev–Trinajstić information content (AvgIpc) is 3.06. The summed E-state index contributed by atoms with van der Waals surface area (Å²) in [5, 5.41) is 3.35. The van der Waals surface area contributed by atoms with E-state index in [1.165, 1.54) is 18.7 Å². The van der Waals surface area contributed by atoms with Crippen molar-refractivity contribution >= 4 is 0 Å². The number of piperazine rings is 1. The maximum absolute atomic E-state index is 3.35. The second-order valence-corrected chi connectivity index (χ2v) is 4.28. The first-order valence-corrected chi connectivity index (χ1v) is 6.25. The van der Waals surface area contributed by atoms with Crippen molar-refractivity contribution < 1.29 is 17.1 Å². The van der Waals surface area contributed by atoms with Crippen molar-refractivity contribution in [3.05, 3.63) is 60.2 Å². The molecule has 0 amide bonds. The van der Waals surface area contributed by atoms with Crippen molar-refractivity contribution in [2.24, 2.45) is 0 Å². The normalized spacial score (nSPS) is 15.3. The minimum Gasteiger partial charge on any atom is -0.748 e. The standard InChI is InChI=1S/C10H15N2.C5H5.Fe/c1-2-4-10(3-1)9-12-7-5-11-6-8-12;1-2-4-5-3-1;/h1-4,11H,5-9H2;1-5H;/q-5;-1;. The fourth-order valence-electron chi connectivity index (χ4n) is 1.97. The van der Waals surface area contributed by atoms with Gasteiger partial charge in [-0.05, 0) is 0 Å². The van der Waals surface area contributed by atoms with Crippen LogP contribution in [0.5, 0.6) is 0 Å². The van der Waals surface area contributed by atoms with E-state index in [1.54, 1.807) is 0 Å². The van der Waals surface area contributed by atoms with Gasteiger partial charge in [0.1, 0.15) is 0 Å². The smallest absolute Gasteiger partial charge is 0.00794 e. The number of nitrogens with zero attached hydrogens (tertiary/aromatic N) is 1. The van der Waals surface area contributed by atoms with Crippen LogP contribution in [0.4, 0.5) is 0 Å². The van der Waals surface area contributed by atoms with Gasteiger partial charge in [-0.2, -0.15) is 24.7 Å². The van der Waals surface area contributed by atoms with Crippen molar-refractivity contribution in [2.45, 2.75) is 6.54 Å². The van der Waals surface area contributed by atoms with E-state index in [2.05, 4.69) is 34.5 Å². The van der Waals surface area contributed by atoms with Crippen LogP contribution in [0.15, 0.2) is 54.6 Å². The SMILES string of the molecule is [Fe].[cH-]1[cH-][cH-][c-](CN2CCNCC2)[cH-]1.c1cc[cH-]c1. The van der Waals surface area contributed by atoms with Crippen molar-refractivity contribution in [3.63, 3.8) is 0 Å². The van der Waals surface area contributed by atoms with Gasteiger partial charge in [-0.1, -0.05) is 0 Å². The molecule has 2 aromatic carbocycles. The summed E-state index contributed by atoms with van der Waals surface area (Å²) in [4.78, 5) is 2.49. The van der Waals surface area contributed by atoms with Gasteiger partial charge in [-0.3, -0.25) is 0 Å². The zero-order chi connectivity index (χ0) is 11.8. The summed E-state index contributed by atoms with van der Waals surface area (Å²) in [5.41, 5.74) is 1.44. The van der Waals surface area contributed by atoms with Gasteiger partial charge in [0, 0.05) is 43.2 Å². The number of nitrogens with one attached hydrogen (secondary N) is 1. The second kappa shape index (κ2) is 9.12. The topological polar surface area (TPSA) is 15.3 Å². The Morgan fingerprint density at radius 3 is 2.17 bits per heavy atom. The van der Waals surface area contributed by atoms with E-state index in [-0.39, 0.29) is 17.1 Å². The Morgan fingerprint density at radius 2 is 1.67 bits per heavy atom. The molecule has 0 aromatic heterocycles. The molecule has 1 fully saturated rings. The van der Waals surface area contributed by atoms with Gasteiger partial charge >= 0.3 is 0 Å². The summed E-state index contributed by atoms with van der Waals surface area (Å²) in [5.74, 6) is 0. The third-order valence-electron chi connectivity index (χ3n) is 2.90. The van der Waals surface area contributed by atoms with Crippen molar-refractivity contribution in [2.75, 3.05) is 26.2 Å². The van der Waals surface area contributed by atoms with E-state index in [0.29, 0.717) is 0 Å². The number of hydrogen-bond donors (Lipinski definition) is 1. The summed E-state index contributed by atoms with van der Waals surface area (Å²) >= 11 is 0. The quantitative estimate of drug-likeness (QED) is 0.672. The molecule has 1 aliphatic heterocycles. The molecule has 0 saturated carbocycles. The van der Waals surface area contributed by atoms with E-state index in [4.69, 9.17) is 0 Å². The summed E-state index contributed by atoms with van der Waals surface area (Å²) in [6.07, 6.45) is 0. The summed E-state index contributed by atoms with van der Waals surface area (Å²) < 4.78 is 0.